The van der Waals surface area contributed by atoms with Crippen LogP contribution in [0.2, 0.25) is 0 Å². The molecule has 0 aromatic heterocycles. The molecule has 3 rings (SSSR count). The first kappa shape index (κ1) is 21.5. The summed E-state index contributed by atoms with van der Waals surface area (Å²) in [6.07, 6.45) is 1.03. The average Bonchev–Trinajstić information content (AvgIpc) is 2.80. The lowest BCUT2D eigenvalue weighted by Gasteiger charge is -2.27. The van der Waals surface area contributed by atoms with E-state index in [-0.39, 0.29) is 11.3 Å². The molecule has 9 heteroatoms. The van der Waals surface area contributed by atoms with Crippen LogP contribution in [0.1, 0.15) is 16.7 Å². The normalized spacial score (nSPS) is 11.3. The van der Waals surface area contributed by atoms with E-state index in [0.29, 0.717) is 11.1 Å². The molecule has 0 aliphatic heterocycles. The Labute approximate surface area is 177 Å². The lowest BCUT2D eigenvalue weighted by atomic mass is 9.85. The quantitative estimate of drug-likeness (QED) is 0.305. The second kappa shape index (κ2) is 9.06. The van der Waals surface area contributed by atoms with Gasteiger partial charge in [0.05, 0.1) is 24.3 Å². The molecule has 9 nitrogen and oxygen atoms in total. The number of amides is 1. The number of hydrogen-bond acceptors (Lipinski definition) is 7. The van der Waals surface area contributed by atoms with Gasteiger partial charge in [-0.3, -0.25) is 14.9 Å². The first-order valence-corrected chi connectivity index (χ1v) is 9.10. The van der Waals surface area contributed by atoms with Crippen molar-refractivity contribution >= 4 is 17.8 Å². The maximum Gasteiger partial charge on any atom is 0.315 e. The van der Waals surface area contributed by atoms with Gasteiger partial charge in [0, 0.05) is 5.56 Å². The highest BCUT2D eigenvalue weighted by Gasteiger charge is 2.39. The number of nitro benzene ring substituents is 1. The van der Waals surface area contributed by atoms with Crippen molar-refractivity contribution < 1.29 is 24.7 Å². The molecule has 0 unspecified atom stereocenters. The molecule has 0 radical (unpaired) electrons. The Kier molecular flexibility index (Phi) is 6.27. The van der Waals surface area contributed by atoms with Gasteiger partial charge < -0.3 is 14.9 Å². The molecule has 0 atom stereocenters. The van der Waals surface area contributed by atoms with Gasteiger partial charge in [0.2, 0.25) is 5.75 Å². The number of ether oxygens (including phenoxy) is 1. The topological polar surface area (TPSA) is 134 Å². The van der Waals surface area contributed by atoms with Gasteiger partial charge in [0.15, 0.2) is 5.60 Å². The zero-order valence-electron chi connectivity index (χ0n) is 16.4. The lowest BCUT2D eigenvalue weighted by Crippen LogP contribution is -2.43. The number of nitro groups is 1. The third kappa shape index (κ3) is 4.36. The summed E-state index contributed by atoms with van der Waals surface area (Å²) < 4.78 is 4.99. The number of phenolic OH excluding ortho intramolecular Hbond substituents is 1. The van der Waals surface area contributed by atoms with Crippen LogP contribution in [0.25, 0.3) is 0 Å². The van der Waals surface area contributed by atoms with E-state index in [9.17, 15) is 25.1 Å². The SMILES string of the molecule is COc1cc(C=NNC(=O)C(O)(c2ccccc2)c2ccccc2)c(O)c([N+](=O)[O-])c1. The predicted molar refractivity (Wildman–Crippen MR) is 113 cm³/mol. The maximum absolute atomic E-state index is 13.0. The van der Waals surface area contributed by atoms with Crippen LogP contribution >= 0.6 is 0 Å². The standard InChI is InChI=1S/C22H19N3O6/c1-31-18-12-15(20(26)19(13-18)25(29)30)14-23-24-21(27)22(28,16-8-4-2-5-9-16)17-10-6-3-7-11-17/h2-14,26,28H,1H3,(H,24,27). The van der Waals surface area contributed by atoms with Gasteiger partial charge in [-0.15, -0.1) is 0 Å². The van der Waals surface area contributed by atoms with Crippen LogP contribution in [-0.4, -0.2) is 34.4 Å². The maximum atomic E-state index is 13.0. The number of hydrazone groups is 1. The van der Waals surface area contributed by atoms with E-state index in [1.807, 2.05) is 0 Å². The number of benzene rings is 3. The molecular weight excluding hydrogens is 402 g/mol. The van der Waals surface area contributed by atoms with Gasteiger partial charge in [0.25, 0.3) is 5.91 Å². The molecule has 31 heavy (non-hydrogen) atoms. The minimum absolute atomic E-state index is 0.0469. The third-order valence-electron chi connectivity index (χ3n) is 4.61. The van der Waals surface area contributed by atoms with Gasteiger partial charge >= 0.3 is 5.69 Å². The van der Waals surface area contributed by atoms with Gasteiger partial charge in [-0.2, -0.15) is 5.10 Å². The Morgan fingerprint density at radius 3 is 2.13 bits per heavy atom. The molecule has 0 saturated heterocycles. The summed E-state index contributed by atoms with van der Waals surface area (Å²) in [6.45, 7) is 0. The van der Waals surface area contributed by atoms with E-state index < -0.39 is 27.9 Å². The first-order valence-electron chi connectivity index (χ1n) is 9.10. The summed E-state index contributed by atoms with van der Waals surface area (Å²) in [4.78, 5) is 23.3. The van der Waals surface area contributed by atoms with E-state index in [1.165, 1.54) is 13.2 Å². The fourth-order valence-electron chi connectivity index (χ4n) is 3.00. The molecule has 3 aromatic carbocycles. The average molecular weight is 421 g/mol. The summed E-state index contributed by atoms with van der Waals surface area (Å²) in [5, 5.41) is 36.3. The van der Waals surface area contributed by atoms with Gasteiger partial charge in [-0.05, 0) is 17.2 Å². The fourth-order valence-corrected chi connectivity index (χ4v) is 3.00. The minimum atomic E-state index is -2.04. The summed E-state index contributed by atoms with van der Waals surface area (Å²) >= 11 is 0. The number of aromatic hydroxyl groups is 1. The zero-order valence-corrected chi connectivity index (χ0v) is 16.4. The molecule has 3 aromatic rings. The highest BCUT2D eigenvalue weighted by atomic mass is 16.6. The third-order valence-corrected chi connectivity index (χ3v) is 4.61. The highest BCUT2D eigenvalue weighted by Crippen LogP contribution is 2.33. The summed E-state index contributed by atoms with van der Waals surface area (Å²) in [5.74, 6) is -1.36. The van der Waals surface area contributed by atoms with Crippen molar-refractivity contribution in [1.82, 2.24) is 5.43 Å². The predicted octanol–water partition coefficient (Wildman–Crippen LogP) is 2.70. The Hall–Kier alpha value is -4.24. The van der Waals surface area contributed by atoms with Crippen molar-refractivity contribution in [3.05, 3.63) is 99.6 Å². The molecule has 3 N–H and O–H groups in total. The van der Waals surface area contributed by atoms with Crippen LogP contribution in [0.3, 0.4) is 0 Å². The number of aliphatic hydroxyl groups is 1. The smallest absolute Gasteiger partial charge is 0.315 e. The number of hydrogen-bond donors (Lipinski definition) is 3. The van der Waals surface area contributed by atoms with E-state index in [0.717, 1.165) is 12.3 Å². The van der Waals surface area contributed by atoms with Crippen LogP contribution in [-0.2, 0) is 10.4 Å². The van der Waals surface area contributed by atoms with E-state index in [1.54, 1.807) is 60.7 Å². The van der Waals surface area contributed by atoms with Crippen LogP contribution in [0.4, 0.5) is 5.69 Å². The van der Waals surface area contributed by atoms with E-state index in [4.69, 9.17) is 4.74 Å². The number of nitrogens with zero attached hydrogens (tertiary/aromatic N) is 2. The largest absolute Gasteiger partial charge is 0.502 e. The van der Waals surface area contributed by atoms with Crippen molar-refractivity contribution in [2.75, 3.05) is 7.11 Å². The molecule has 0 aliphatic carbocycles. The Morgan fingerprint density at radius 1 is 1.10 bits per heavy atom. The monoisotopic (exact) mass is 421 g/mol. The van der Waals surface area contributed by atoms with Crippen molar-refractivity contribution in [3.8, 4) is 11.5 Å². The Balaban J connectivity index is 1.93. The van der Waals surface area contributed by atoms with Crippen molar-refractivity contribution in [3.63, 3.8) is 0 Å². The number of carbonyl (C=O) groups excluding carboxylic acids is 1. The molecule has 0 fully saturated rings. The number of carbonyl (C=O) groups is 1. The molecule has 158 valence electrons. The van der Waals surface area contributed by atoms with Crippen LogP contribution < -0.4 is 10.2 Å². The van der Waals surface area contributed by atoms with Crippen LogP contribution in [0, 0.1) is 10.1 Å². The Bertz CT molecular complexity index is 1080. The van der Waals surface area contributed by atoms with Gasteiger partial charge in [0.1, 0.15) is 5.75 Å². The second-order valence-electron chi connectivity index (χ2n) is 6.48. The van der Waals surface area contributed by atoms with Crippen LogP contribution in [0.5, 0.6) is 11.5 Å². The molecule has 0 saturated carbocycles. The fraction of sp³-hybridized carbons (Fsp3) is 0.0909. The first-order chi connectivity index (χ1) is 14.9. The number of phenols is 1. The summed E-state index contributed by atoms with van der Waals surface area (Å²) in [6, 6.07) is 19.1. The molecule has 0 aliphatic rings. The number of nitrogens with one attached hydrogen (secondary N) is 1. The van der Waals surface area contributed by atoms with E-state index >= 15 is 0 Å². The zero-order chi connectivity index (χ0) is 22.4. The van der Waals surface area contributed by atoms with Gasteiger partial charge in [-0.25, -0.2) is 5.43 Å². The van der Waals surface area contributed by atoms with Crippen molar-refractivity contribution in [1.29, 1.82) is 0 Å². The van der Waals surface area contributed by atoms with Crippen molar-refractivity contribution in [2.45, 2.75) is 5.60 Å². The van der Waals surface area contributed by atoms with Crippen LogP contribution in [0.15, 0.2) is 77.9 Å². The highest BCUT2D eigenvalue weighted by molar-refractivity contribution is 5.92. The van der Waals surface area contributed by atoms with E-state index in [2.05, 4.69) is 10.5 Å². The minimum Gasteiger partial charge on any atom is -0.502 e. The molecular formula is C22H19N3O6. The summed E-state index contributed by atoms with van der Waals surface area (Å²) in [5.41, 5.74) is 0.238. The second-order valence-corrected chi connectivity index (χ2v) is 6.48. The number of methoxy groups -OCH3 is 1. The van der Waals surface area contributed by atoms with Gasteiger partial charge in [-0.1, -0.05) is 60.7 Å². The lowest BCUT2D eigenvalue weighted by molar-refractivity contribution is -0.385. The van der Waals surface area contributed by atoms with Crippen molar-refractivity contribution in [2.24, 2.45) is 5.10 Å². The number of rotatable bonds is 7. The Morgan fingerprint density at radius 2 is 1.65 bits per heavy atom. The summed E-state index contributed by atoms with van der Waals surface area (Å²) in [7, 11) is 1.32. The molecule has 0 spiro atoms. The molecule has 0 heterocycles. The molecule has 1 amide bonds. The molecule has 0 bridgehead atoms.